The van der Waals surface area contributed by atoms with Crippen molar-refractivity contribution < 1.29 is 14.0 Å². The van der Waals surface area contributed by atoms with E-state index in [9.17, 15) is 9.59 Å². The number of nitrogens with zero attached hydrogens (tertiary/aromatic N) is 3. The summed E-state index contributed by atoms with van der Waals surface area (Å²) in [5, 5.41) is 11.3. The molecule has 2 amide bonds. The topological polar surface area (TPSA) is 88.3 Å². The van der Waals surface area contributed by atoms with E-state index in [4.69, 9.17) is 4.42 Å². The molecule has 0 saturated heterocycles. The third kappa shape index (κ3) is 8.46. The molecule has 1 aliphatic rings. The summed E-state index contributed by atoms with van der Waals surface area (Å²) in [7, 11) is 4.02. The van der Waals surface area contributed by atoms with Gasteiger partial charge in [0.2, 0.25) is 17.7 Å². The molecule has 1 saturated carbocycles. The number of thioether (sulfide) groups is 1. The Balaban J connectivity index is 2.05. The molecule has 1 heterocycles. The molecule has 0 aromatic carbocycles. The molecular formula is C21H36N4O3S. The quantitative estimate of drug-likeness (QED) is 0.501. The molecule has 1 aliphatic carbocycles. The largest absolute Gasteiger partial charge is 0.415 e. The number of amides is 2. The van der Waals surface area contributed by atoms with Crippen molar-refractivity contribution in [1.82, 2.24) is 20.4 Å². The minimum Gasteiger partial charge on any atom is -0.415 e. The van der Waals surface area contributed by atoms with Crippen molar-refractivity contribution >= 4 is 23.6 Å². The molecule has 1 fully saturated rings. The lowest BCUT2D eigenvalue weighted by Crippen LogP contribution is -2.39. The van der Waals surface area contributed by atoms with E-state index < -0.39 is 5.92 Å². The highest BCUT2D eigenvalue weighted by Gasteiger charge is 2.33. The first kappa shape index (κ1) is 23.9. The molecule has 1 aromatic heterocycles. The van der Waals surface area contributed by atoms with E-state index in [1.807, 2.05) is 14.1 Å². The first-order chi connectivity index (χ1) is 13.7. The Bertz CT molecular complexity index is 661. The average molecular weight is 425 g/mol. The van der Waals surface area contributed by atoms with Gasteiger partial charge in [0.25, 0.3) is 5.22 Å². The van der Waals surface area contributed by atoms with Crippen molar-refractivity contribution in [2.45, 2.75) is 76.9 Å². The van der Waals surface area contributed by atoms with Gasteiger partial charge >= 0.3 is 0 Å². The van der Waals surface area contributed by atoms with Crippen molar-refractivity contribution in [2.75, 3.05) is 26.4 Å². The minimum atomic E-state index is -0.625. The van der Waals surface area contributed by atoms with Gasteiger partial charge in [0.15, 0.2) is 0 Å². The number of imide groups is 1. The van der Waals surface area contributed by atoms with Crippen LogP contribution in [-0.2, 0) is 9.59 Å². The van der Waals surface area contributed by atoms with Gasteiger partial charge in [-0.1, -0.05) is 58.2 Å². The monoisotopic (exact) mass is 424 g/mol. The molecule has 164 valence electrons. The van der Waals surface area contributed by atoms with Gasteiger partial charge in [-0.15, -0.1) is 10.2 Å². The highest BCUT2D eigenvalue weighted by molar-refractivity contribution is 7.99. The van der Waals surface area contributed by atoms with Gasteiger partial charge in [-0.25, -0.2) is 0 Å². The molecule has 1 unspecified atom stereocenters. The fourth-order valence-electron chi connectivity index (χ4n) is 3.49. The summed E-state index contributed by atoms with van der Waals surface area (Å²) in [6.07, 6.45) is 6.68. The molecule has 2 rings (SSSR count). The summed E-state index contributed by atoms with van der Waals surface area (Å²) < 4.78 is 5.79. The minimum absolute atomic E-state index is 0.0726. The Hall–Kier alpha value is -1.41. The van der Waals surface area contributed by atoms with E-state index in [2.05, 4.69) is 41.2 Å². The molecule has 0 bridgehead atoms. The predicted molar refractivity (Wildman–Crippen MR) is 115 cm³/mol. The Morgan fingerprint density at radius 1 is 1.17 bits per heavy atom. The van der Waals surface area contributed by atoms with Gasteiger partial charge in [-0.3, -0.25) is 14.9 Å². The maximum atomic E-state index is 13.0. The second kappa shape index (κ2) is 11.1. The number of carbonyl (C=O) groups excluding carboxylic acids is 2. The van der Waals surface area contributed by atoms with E-state index >= 15 is 0 Å². The maximum absolute atomic E-state index is 13.0. The lowest BCUT2D eigenvalue weighted by atomic mass is 9.84. The zero-order valence-corrected chi connectivity index (χ0v) is 19.3. The molecule has 0 radical (unpaired) electrons. The van der Waals surface area contributed by atoms with Gasteiger partial charge in [0.05, 0.1) is 0 Å². The van der Waals surface area contributed by atoms with Crippen LogP contribution in [0.1, 0.15) is 77.5 Å². The first-order valence-corrected chi connectivity index (χ1v) is 11.6. The smallest absolute Gasteiger partial charge is 0.276 e. The number of hydrogen-bond donors (Lipinski definition) is 1. The second-order valence-electron chi connectivity index (χ2n) is 9.42. The van der Waals surface area contributed by atoms with Crippen LogP contribution in [0.5, 0.6) is 0 Å². The Morgan fingerprint density at radius 3 is 2.41 bits per heavy atom. The second-order valence-corrected chi connectivity index (χ2v) is 10.5. The van der Waals surface area contributed by atoms with Crippen molar-refractivity contribution in [2.24, 2.45) is 11.3 Å². The lowest BCUT2D eigenvalue weighted by Gasteiger charge is -2.23. The van der Waals surface area contributed by atoms with Crippen LogP contribution >= 0.6 is 11.8 Å². The van der Waals surface area contributed by atoms with Gasteiger partial charge in [-0.2, -0.15) is 0 Å². The maximum Gasteiger partial charge on any atom is 0.276 e. The molecule has 0 spiro atoms. The highest BCUT2D eigenvalue weighted by atomic mass is 32.2. The van der Waals surface area contributed by atoms with Gasteiger partial charge in [0.1, 0.15) is 5.92 Å². The van der Waals surface area contributed by atoms with Crippen LogP contribution in [0.25, 0.3) is 0 Å². The van der Waals surface area contributed by atoms with Crippen molar-refractivity contribution in [3.8, 4) is 0 Å². The van der Waals surface area contributed by atoms with Gasteiger partial charge < -0.3 is 9.32 Å². The third-order valence-corrected chi connectivity index (χ3v) is 5.89. The molecule has 0 aliphatic heterocycles. The van der Waals surface area contributed by atoms with Crippen LogP contribution < -0.4 is 5.32 Å². The van der Waals surface area contributed by atoms with E-state index in [-0.39, 0.29) is 23.1 Å². The Kier molecular flexibility index (Phi) is 9.14. The summed E-state index contributed by atoms with van der Waals surface area (Å²) in [5.74, 6) is -0.0701. The van der Waals surface area contributed by atoms with Crippen LogP contribution in [0.3, 0.4) is 0 Å². The molecular weight excluding hydrogens is 388 g/mol. The molecule has 7 nitrogen and oxygen atoms in total. The molecule has 1 N–H and O–H groups in total. The summed E-state index contributed by atoms with van der Waals surface area (Å²) >= 11 is 1.48. The van der Waals surface area contributed by atoms with Gasteiger partial charge in [0, 0.05) is 18.2 Å². The van der Waals surface area contributed by atoms with Crippen molar-refractivity contribution in [3.63, 3.8) is 0 Å². The predicted octanol–water partition coefficient (Wildman–Crippen LogP) is 3.86. The number of rotatable bonds is 8. The SMILES string of the molecule is CN(C)CCSc1nnc(C(CC(C)(C)C)C(=O)NC(=O)C2CCCCCC2)o1. The normalized spacial score (nSPS) is 17.2. The fraction of sp³-hybridized carbons (Fsp3) is 0.810. The Morgan fingerprint density at radius 2 is 1.83 bits per heavy atom. The van der Waals surface area contributed by atoms with Crippen LogP contribution in [-0.4, -0.2) is 53.3 Å². The van der Waals surface area contributed by atoms with E-state index in [0.29, 0.717) is 17.5 Å². The van der Waals surface area contributed by atoms with E-state index in [0.717, 1.165) is 38.0 Å². The van der Waals surface area contributed by atoms with E-state index in [1.165, 1.54) is 24.6 Å². The third-order valence-electron chi connectivity index (χ3n) is 5.09. The zero-order chi connectivity index (χ0) is 21.4. The van der Waals surface area contributed by atoms with Crippen molar-refractivity contribution in [1.29, 1.82) is 0 Å². The summed E-state index contributed by atoms with van der Waals surface area (Å²) in [6.45, 7) is 7.07. The van der Waals surface area contributed by atoms with Crippen LogP contribution in [0.2, 0.25) is 0 Å². The number of carbonyl (C=O) groups is 2. The first-order valence-electron chi connectivity index (χ1n) is 10.6. The van der Waals surface area contributed by atoms with E-state index in [1.54, 1.807) is 0 Å². The fourth-order valence-corrected chi connectivity index (χ4v) is 4.37. The summed E-state index contributed by atoms with van der Waals surface area (Å²) in [4.78, 5) is 27.7. The molecule has 8 heteroatoms. The van der Waals surface area contributed by atoms with Crippen molar-refractivity contribution in [3.05, 3.63) is 5.89 Å². The molecule has 1 aromatic rings. The van der Waals surface area contributed by atoms with Gasteiger partial charge in [-0.05, 0) is 38.8 Å². The lowest BCUT2D eigenvalue weighted by molar-refractivity contribution is -0.134. The van der Waals surface area contributed by atoms with Crippen LogP contribution in [0, 0.1) is 11.3 Å². The van der Waals surface area contributed by atoms with Crippen LogP contribution in [0.15, 0.2) is 9.64 Å². The zero-order valence-electron chi connectivity index (χ0n) is 18.5. The van der Waals surface area contributed by atoms with Crippen LogP contribution in [0.4, 0.5) is 0 Å². The number of nitrogens with one attached hydrogen (secondary N) is 1. The standard InChI is InChI=1S/C21H36N4O3S/c1-21(2,3)14-16(19-23-24-20(28-19)29-13-12-25(4)5)18(27)22-17(26)15-10-8-6-7-9-11-15/h15-16H,6-14H2,1-5H3,(H,22,26,27). The highest BCUT2D eigenvalue weighted by Crippen LogP contribution is 2.32. The number of aromatic nitrogens is 2. The average Bonchev–Trinajstić information content (AvgIpc) is 2.90. The Labute approximate surface area is 178 Å². The number of hydrogen-bond acceptors (Lipinski definition) is 7. The molecule has 1 atom stereocenters. The summed E-state index contributed by atoms with van der Waals surface area (Å²) in [5.41, 5.74) is -0.125. The summed E-state index contributed by atoms with van der Waals surface area (Å²) in [6, 6.07) is 0. The molecule has 29 heavy (non-hydrogen) atoms.